The molecule has 1 saturated carbocycles. The van der Waals surface area contributed by atoms with Crippen molar-refractivity contribution in [2.45, 2.75) is 51.5 Å². The number of nitrogens with zero attached hydrogens (tertiary/aromatic N) is 1. The maximum absolute atomic E-state index is 12.4. The quantitative estimate of drug-likeness (QED) is 0.717. The molecule has 2 aliphatic rings. The number of piperidine rings is 1. The van der Waals surface area contributed by atoms with E-state index in [0.29, 0.717) is 19.4 Å². The number of carbonyl (C=O) groups excluding carboxylic acids is 1. The van der Waals surface area contributed by atoms with Gasteiger partial charge in [-0.1, -0.05) is 12.8 Å². The average molecular weight is 297 g/mol. The first-order valence-corrected chi connectivity index (χ1v) is 8.07. The van der Waals surface area contributed by atoms with Crippen LogP contribution in [0.4, 0.5) is 4.79 Å². The minimum Gasteiger partial charge on any atom is -0.481 e. The van der Waals surface area contributed by atoms with E-state index in [1.807, 2.05) is 11.8 Å². The normalized spacial score (nSPS) is 22.0. The van der Waals surface area contributed by atoms with Crippen LogP contribution in [-0.4, -0.2) is 54.2 Å². The number of nitrogens with one attached hydrogen (secondary N) is 2. The van der Waals surface area contributed by atoms with Gasteiger partial charge < -0.3 is 20.6 Å². The highest BCUT2D eigenvalue weighted by atomic mass is 16.4. The first kappa shape index (κ1) is 16.1. The van der Waals surface area contributed by atoms with Gasteiger partial charge in [0.05, 0.1) is 5.41 Å². The zero-order valence-electron chi connectivity index (χ0n) is 12.9. The van der Waals surface area contributed by atoms with Crippen molar-refractivity contribution in [3.8, 4) is 0 Å². The summed E-state index contributed by atoms with van der Waals surface area (Å²) < 4.78 is 0. The van der Waals surface area contributed by atoms with E-state index in [1.54, 1.807) is 0 Å². The third-order valence-electron chi connectivity index (χ3n) is 4.94. The van der Waals surface area contributed by atoms with Crippen molar-refractivity contribution in [2.75, 3.05) is 26.2 Å². The van der Waals surface area contributed by atoms with E-state index in [2.05, 4.69) is 10.6 Å². The SMILES string of the molecule is CCN(C(=O)NCC1(C(=O)O)CCCC1)C1CCNCC1. The molecule has 0 radical (unpaired) electrons. The Kier molecular flexibility index (Phi) is 5.45. The van der Waals surface area contributed by atoms with Crippen molar-refractivity contribution in [3.63, 3.8) is 0 Å². The smallest absolute Gasteiger partial charge is 0.317 e. The molecule has 6 heteroatoms. The van der Waals surface area contributed by atoms with E-state index in [9.17, 15) is 14.7 Å². The van der Waals surface area contributed by atoms with Crippen molar-refractivity contribution >= 4 is 12.0 Å². The fourth-order valence-corrected chi connectivity index (χ4v) is 3.55. The number of urea groups is 1. The van der Waals surface area contributed by atoms with Gasteiger partial charge in [-0.3, -0.25) is 4.79 Å². The van der Waals surface area contributed by atoms with Crippen LogP contribution in [-0.2, 0) is 4.79 Å². The molecule has 120 valence electrons. The molecular formula is C15H27N3O3. The minimum atomic E-state index is -0.773. The molecule has 1 aliphatic carbocycles. The molecule has 0 spiro atoms. The van der Waals surface area contributed by atoms with Crippen LogP contribution in [0.1, 0.15) is 45.4 Å². The van der Waals surface area contributed by atoms with Gasteiger partial charge in [0.1, 0.15) is 0 Å². The maximum atomic E-state index is 12.4. The molecule has 21 heavy (non-hydrogen) atoms. The molecule has 0 aromatic rings. The highest BCUT2D eigenvalue weighted by Gasteiger charge is 2.41. The van der Waals surface area contributed by atoms with E-state index in [1.165, 1.54) is 0 Å². The van der Waals surface area contributed by atoms with Crippen molar-refractivity contribution in [2.24, 2.45) is 5.41 Å². The molecule has 0 aromatic carbocycles. The van der Waals surface area contributed by atoms with E-state index in [-0.39, 0.29) is 18.6 Å². The van der Waals surface area contributed by atoms with Gasteiger partial charge in [-0.05, 0) is 45.7 Å². The molecule has 1 aliphatic heterocycles. The second-order valence-electron chi connectivity index (χ2n) is 6.22. The summed E-state index contributed by atoms with van der Waals surface area (Å²) in [5, 5.41) is 15.6. The standard InChI is InChI=1S/C15H27N3O3/c1-2-18(12-5-9-16-10-6-12)14(21)17-11-15(13(19)20)7-3-4-8-15/h12,16H,2-11H2,1H3,(H,17,21)(H,19,20). The molecule has 2 amide bonds. The van der Waals surface area contributed by atoms with Crippen molar-refractivity contribution < 1.29 is 14.7 Å². The maximum Gasteiger partial charge on any atom is 0.317 e. The summed E-state index contributed by atoms with van der Waals surface area (Å²) in [6.07, 6.45) is 5.14. The van der Waals surface area contributed by atoms with Crippen molar-refractivity contribution in [3.05, 3.63) is 0 Å². The van der Waals surface area contributed by atoms with E-state index in [4.69, 9.17) is 0 Å². The second-order valence-corrected chi connectivity index (χ2v) is 6.22. The number of carboxylic acid groups (broad SMARTS) is 1. The molecule has 0 aromatic heterocycles. The summed E-state index contributed by atoms with van der Waals surface area (Å²) in [5.41, 5.74) is -0.747. The van der Waals surface area contributed by atoms with Gasteiger partial charge in [-0.25, -0.2) is 4.79 Å². The molecule has 1 saturated heterocycles. The number of carbonyl (C=O) groups is 2. The van der Waals surface area contributed by atoms with E-state index in [0.717, 1.165) is 38.8 Å². The fraction of sp³-hybridized carbons (Fsp3) is 0.867. The number of hydrogen-bond donors (Lipinski definition) is 3. The van der Waals surface area contributed by atoms with Gasteiger partial charge in [0.2, 0.25) is 0 Å². The molecule has 0 unspecified atom stereocenters. The zero-order valence-corrected chi connectivity index (χ0v) is 12.9. The van der Waals surface area contributed by atoms with Crippen LogP contribution in [0.3, 0.4) is 0 Å². The number of rotatable bonds is 5. The largest absolute Gasteiger partial charge is 0.481 e. The van der Waals surface area contributed by atoms with E-state index >= 15 is 0 Å². The predicted octanol–water partition coefficient (Wildman–Crippen LogP) is 1.41. The lowest BCUT2D eigenvalue weighted by atomic mass is 9.86. The van der Waals surface area contributed by atoms with Gasteiger partial charge in [-0.2, -0.15) is 0 Å². The van der Waals surface area contributed by atoms with Crippen LogP contribution in [0.2, 0.25) is 0 Å². The Hall–Kier alpha value is -1.30. The third kappa shape index (κ3) is 3.67. The number of amides is 2. The lowest BCUT2D eigenvalue weighted by molar-refractivity contribution is -0.148. The molecule has 2 rings (SSSR count). The summed E-state index contributed by atoms with van der Waals surface area (Å²) >= 11 is 0. The molecule has 0 atom stereocenters. The van der Waals surface area contributed by atoms with Gasteiger partial charge in [-0.15, -0.1) is 0 Å². The van der Waals surface area contributed by atoms with E-state index < -0.39 is 11.4 Å². The lowest BCUT2D eigenvalue weighted by Crippen LogP contribution is -2.52. The Morgan fingerprint density at radius 2 is 1.90 bits per heavy atom. The Morgan fingerprint density at radius 3 is 2.43 bits per heavy atom. The summed E-state index contributed by atoms with van der Waals surface area (Å²) in [6.45, 7) is 4.77. The first-order valence-electron chi connectivity index (χ1n) is 8.07. The van der Waals surface area contributed by atoms with Crippen molar-refractivity contribution in [1.82, 2.24) is 15.5 Å². The fourth-order valence-electron chi connectivity index (χ4n) is 3.55. The monoisotopic (exact) mass is 297 g/mol. The zero-order chi connectivity index (χ0) is 15.3. The molecule has 2 fully saturated rings. The van der Waals surface area contributed by atoms with Crippen LogP contribution in [0, 0.1) is 5.41 Å². The van der Waals surface area contributed by atoms with Crippen LogP contribution in [0.25, 0.3) is 0 Å². The molecule has 0 bridgehead atoms. The Labute approximate surface area is 126 Å². The van der Waals surface area contributed by atoms with Crippen LogP contribution in [0.5, 0.6) is 0 Å². The Morgan fingerprint density at radius 1 is 1.29 bits per heavy atom. The Bertz CT molecular complexity index is 374. The highest BCUT2D eigenvalue weighted by molar-refractivity contribution is 5.78. The number of hydrogen-bond acceptors (Lipinski definition) is 3. The summed E-state index contributed by atoms with van der Waals surface area (Å²) in [7, 11) is 0. The Balaban J connectivity index is 1.91. The van der Waals surface area contributed by atoms with Gasteiger partial charge in [0, 0.05) is 19.1 Å². The molecular weight excluding hydrogens is 270 g/mol. The average Bonchev–Trinajstić information content (AvgIpc) is 2.97. The number of carboxylic acids is 1. The van der Waals surface area contributed by atoms with Crippen LogP contribution in [0.15, 0.2) is 0 Å². The van der Waals surface area contributed by atoms with Crippen molar-refractivity contribution in [1.29, 1.82) is 0 Å². The highest BCUT2D eigenvalue weighted by Crippen LogP contribution is 2.37. The van der Waals surface area contributed by atoms with Gasteiger partial charge >= 0.3 is 12.0 Å². The summed E-state index contributed by atoms with van der Waals surface area (Å²) in [6, 6.07) is 0.150. The van der Waals surface area contributed by atoms with Gasteiger partial charge in [0.15, 0.2) is 0 Å². The summed E-state index contributed by atoms with van der Waals surface area (Å²) in [4.78, 5) is 25.8. The predicted molar refractivity (Wildman–Crippen MR) is 80.2 cm³/mol. The third-order valence-corrected chi connectivity index (χ3v) is 4.94. The minimum absolute atomic E-state index is 0.114. The lowest BCUT2D eigenvalue weighted by Gasteiger charge is -2.35. The molecule has 1 heterocycles. The molecule has 3 N–H and O–H groups in total. The van der Waals surface area contributed by atoms with Crippen LogP contribution >= 0.6 is 0 Å². The first-order chi connectivity index (χ1) is 10.1. The van der Waals surface area contributed by atoms with Gasteiger partial charge in [0.25, 0.3) is 0 Å². The van der Waals surface area contributed by atoms with Crippen LogP contribution < -0.4 is 10.6 Å². The number of aliphatic carboxylic acids is 1. The second kappa shape index (κ2) is 7.11. The summed E-state index contributed by atoms with van der Waals surface area (Å²) in [5.74, 6) is -0.773. The molecule has 6 nitrogen and oxygen atoms in total. The topological polar surface area (TPSA) is 81.7 Å².